The van der Waals surface area contributed by atoms with Crippen LogP contribution in [-0.4, -0.2) is 46.2 Å². The highest BCUT2D eigenvalue weighted by Gasteiger charge is 2.22. The van der Waals surface area contributed by atoms with Crippen molar-refractivity contribution in [2.75, 3.05) is 13.1 Å². The van der Waals surface area contributed by atoms with Crippen LogP contribution < -0.4 is 5.32 Å². The number of nitrogens with one attached hydrogen (secondary N) is 1. The molecule has 1 aromatic heterocycles. The van der Waals surface area contributed by atoms with Gasteiger partial charge in [-0.3, -0.25) is 14.5 Å². The van der Waals surface area contributed by atoms with Gasteiger partial charge in [-0.1, -0.05) is 35.0 Å². The Labute approximate surface area is 146 Å². The molecule has 1 amide bonds. The van der Waals surface area contributed by atoms with Crippen LogP contribution in [0.4, 0.5) is 0 Å². The lowest BCUT2D eigenvalue weighted by atomic mass is 10.1. The molecule has 0 spiro atoms. The highest BCUT2D eigenvalue weighted by Crippen LogP contribution is 2.20. The Bertz CT molecular complexity index is 724. The van der Waals surface area contributed by atoms with E-state index in [1.54, 1.807) is 11.8 Å². The molecule has 0 saturated carbocycles. The van der Waals surface area contributed by atoms with E-state index in [0.717, 1.165) is 11.1 Å². The molecule has 134 valence electrons. The molecule has 2 N–H and O–H groups in total. The van der Waals surface area contributed by atoms with Crippen LogP contribution in [0.25, 0.3) is 11.3 Å². The first kappa shape index (κ1) is 18.7. The van der Waals surface area contributed by atoms with Gasteiger partial charge in [0.25, 0.3) is 0 Å². The standard InChI is InChI=1S/C18H23N3O4/c1-12-4-6-15(7-5-12)17-10-16(25-20-17)11-21(13(2)18(23)24)9-8-19-14(3)22/h4-7,10,13H,8-9,11H2,1-3H3,(H,19,22)(H,23,24). The third-order valence-electron chi connectivity index (χ3n) is 3.94. The summed E-state index contributed by atoms with van der Waals surface area (Å²) < 4.78 is 5.37. The number of benzene rings is 1. The lowest BCUT2D eigenvalue weighted by molar-refractivity contribution is -0.142. The maximum Gasteiger partial charge on any atom is 0.320 e. The number of aryl methyl sites for hydroxylation is 1. The Morgan fingerprint density at radius 1 is 1.32 bits per heavy atom. The molecule has 0 aliphatic rings. The smallest absolute Gasteiger partial charge is 0.320 e. The van der Waals surface area contributed by atoms with E-state index in [-0.39, 0.29) is 5.91 Å². The van der Waals surface area contributed by atoms with E-state index in [1.807, 2.05) is 37.3 Å². The van der Waals surface area contributed by atoms with Crippen LogP contribution in [0.15, 0.2) is 34.9 Å². The molecule has 0 saturated heterocycles. The van der Waals surface area contributed by atoms with Gasteiger partial charge in [0.1, 0.15) is 11.7 Å². The molecule has 2 rings (SSSR count). The first-order chi connectivity index (χ1) is 11.9. The molecule has 7 heteroatoms. The van der Waals surface area contributed by atoms with Crippen LogP contribution in [0, 0.1) is 6.92 Å². The summed E-state index contributed by atoms with van der Waals surface area (Å²) in [7, 11) is 0. The van der Waals surface area contributed by atoms with Gasteiger partial charge in [-0.15, -0.1) is 0 Å². The van der Waals surface area contributed by atoms with Gasteiger partial charge in [0, 0.05) is 31.6 Å². The minimum Gasteiger partial charge on any atom is -0.480 e. The molecule has 7 nitrogen and oxygen atoms in total. The fraction of sp³-hybridized carbons (Fsp3) is 0.389. The molecule has 0 bridgehead atoms. The highest BCUT2D eigenvalue weighted by atomic mass is 16.5. The van der Waals surface area contributed by atoms with Crippen molar-refractivity contribution in [3.05, 3.63) is 41.7 Å². The Balaban J connectivity index is 2.08. The average Bonchev–Trinajstić information content (AvgIpc) is 3.02. The molecular formula is C18H23N3O4. The van der Waals surface area contributed by atoms with Crippen molar-refractivity contribution in [1.29, 1.82) is 0 Å². The molecule has 0 fully saturated rings. The third-order valence-corrected chi connectivity index (χ3v) is 3.94. The molecule has 1 heterocycles. The first-order valence-corrected chi connectivity index (χ1v) is 8.10. The Morgan fingerprint density at radius 3 is 2.60 bits per heavy atom. The summed E-state index contributed by atoms with van der Waals surface area (Å²) in [5.41, 5.74) is 2.81. The lowest BCUT2D eigenvalue weighted by Crippen LogP contribution is -2.42. The molecule has 25 heavy (non-hydrogen) atoms. The third kappa shape index (κ3) is 5.42. The zero-order valence-corrected chi connectivity index (χ0v) is 14.7. The van der Waals surface area contributed by atoms with Crippen LogP contribution in [0.1, 0.15) is 25.2 Å². The van der Waals surface area contributed by atoms with E-state index in [1.165, 1.54) is 6.92 Å². The van der Waals surface area contributed by atoms with Crippen LogP contribution in [0.5, 0.6) is 0 Å². The first-order valence-electron chi connectivity index (χ1n) is 8.10. The van der Waals surface area contributed by atoms with E-state index in [2.05, 4.69) is 10.5 Å². The van der Waals surface area contributed by atoms with Gasteiger partial charge in [-0.2, -0.15) is 0 Å². The molecule has 1 aromatic carbocycles. The van der Waals surface area contributed by atoms with Crippen molar-refractivity contribution in [1.82, 2.24) is 15.4 Å². The minimum atomic E-state index is -0.930. The number of carboxylic acids is 1. The van der Waals surface area contributed by atoms with Gasteiger partial charge in [0.05, 0.1) is 6.54 Å². The van der Waals surface area contributed by atoms with E-state index >= 15 is 0 Å². The number of rotatable bonds is 8. The molecule has 0 aliphatic heterocycles. The highest BCUT2D eigenvalue weighted by molar-refractivity contribution is 5.73. The number of hydrogen-bond acceptors (Lipinski definition) is 5. The van der Waals surface area contributed by atoms with Crippen molar-refractivity contribution < 1.29 is 19.2 Å². The zero-order valence-electron chi connectivity index (χ0n) is 14.7. The average molecular weight is 345 g/mol. The van der Waals surface area contributed by atoms with Crippen molar-refractivity contribution >= 4 is 11.9 Å². The van der Waals surface area contributed by atoms with E-state index < -0.39 is 12.0 Å². The van der Waals surface area contributed by atoms with Gasteiger partial charge in [-0.05, 0) is 13.8 Å². The normalized spacial score (nSPS) is 12.2. The number of aliphatic carboxylic acids is 1. The van der Waals surface area contributed by atoms with Crippen molar-refractivity contribution in [3.8, 4) is 11.3 Å². The number of aromatic nitrogens is 1. The van der Waals surface area contributed by atoms with Gasteiger partial charge in [0.15, 0.2) is 5.76 Å². The van der Waals surface area contributed by atoms with Crippen LogP contribution in [0.3, 0.4) is 0 Å². The molecule has 0 radical (unpaired) electrons. The second-order valence-corrected chi connectivity index (χ2v) is 6.01. The predicted molar refractivity (Wildman–Crippen MR) is 92.9 cm³/mol. The molecule has 2 aromatic rings. The Morgan fingerprint density at radius 2 is 2.00 bits per heavy atom. The molecular weight excluding hydrogens is 322 g/mol. The summed E-state index contributed by atoms with van der Waals surface area (Å²) in [5, 5.41) is 16.0. The number of carboxylic acid groups (broad SMARTS) is 1. The second-order valence-electron chi connectivity index (χ2n) is 6.01. The van der Waals surface area contributed by atoms with Crippen molar-refractivity contribution in [2.24, 2.45) is 0 Å². The zero-order chi connectivity index (χ0) is 18.4. The largest absolute Gasteiger partial charge is 0.480 e. The quantitative estimate of drug-likeness (QED) is 0.760. The summed E-state index contributed by atoms with van der Waals surface area (Å²) in [4.78, 5) is 24.0. The number of hydrogen-bond donors (Lipinski definition) is 2. The van der Waals surface area contributed by atoms with Gasteiger partial charge < -0.3 is 14.9 Å². The van der Waals surface area contributed by atoms with Gasteiger partial charge in [0.2, 0.25) is 5.91 Å². The number of amides is 1. The van der Waals surface area contributed by atoms with Crippen molar-refractivity contribution in [2.45, 2.75) is 33.4 Å². The summed E-state index contributed by atoms with van der Waals surface area (Å²) in [6, 6.07) is 9.02. The molecule has 0 aliphatic carbocycles. The number of carbonyl (C=O) groups is 2. The fourth-order valence-electron chi connectivity index (χ4n) is 2.39. The predicted octanol–water partition coefficient (Wildman–Crippen LogP) is 2.06. The monoisotopic (exact) mass is 345 g/mol. The maximum atomic E-state index is 11.3. The summed E-state index contributed by atoms with van der Waals surface area (Å²) in [6.07, 6.45) is 0. The maximum absolute atomic E-state index is 11.3. The summed E-state index contributed by atoms with van der Waals surface area (Å²) >= 11 is 0. The molecule has 1 unspecified atom stereocenters. The SMILES string of the molecule is CC(=O)NCCN(Cc1cc(-c2ccc(C)cc2)no1)C(C)C(=O)O. The Kier molecular flexibility index (Phi) is 6.30. The minimum absolute atomic E-state index is 0.149. The second kappa shape index (κ2) is 8.43. The fourth-order valence-corrected chi connectivity index (χ4v) is 2.39. The van der Waals surface area contributed by atoms with E-state index in [4.69, 9.17) is 4.52 Å². The van der Waals surface area contributed by atoms with Gasteiger partial charge in [-0.25, -0.2) is 0 Å². The summed E-state index contributed by atoms with van der Waals surface area (Å²) in [6.45, 7) is 6.10. The van der Waals surface area contributed by atoms with Crippen LogP contribution >= 0.6 is 0 Å². The van der Waals surface area contributed by atoms with E-state index in [9.17, 15) is 14.7 Å². The van der Waals surface area contributed by atoms with Crippen molar-refractivity contribution in [3.63, 3.8) is 0 Å². The van der Waals surface area contributed by atoms with Crippen LogP contribution in [0.2, 0.25) is 0 Å². The van der Waals surface area contributed by atoms with Crippen LogP contribution in [-0.2, 0) is 16.1 Å². The Hall–Kier alpha value is -2.67. The van der Waals surface area contributed by atoms with Gasteiger partial charge >= 0.3 is 5.97 Å². The summed E-state index contributed by atoms with van der Waals surface area (Å²) in [5.74, 6) is -0.503. The number of nitrogens with zero attached hydrogens (tertiary/aromatic N) is 2. The lowest BCUT2D eigenvalue weighted by Gasteiger charge is -2.24. The van der Waals surface area contributed by atoms with E-state index in [0.29, 0.717) is 31.1 Å². The number of carbonyl (C=O) groups excluding carboxylic acids is 1. The topological polar surface area (TPSA) is 95.7 Å². The molecule has 1 atom stereocenters.